The highest BCUT2D eigenvalue weighted by Gasteiger charge is 2.17. The summed E-state index contributed by atoms with van der Waals surface area (Å²) in [6, 6.07) is 17.3. The maximum absolute atomic E-state index is 12.1. The fourth-order valence-corrected chi connectivity index (χ4v) is 4.37. The van der Waals surface area contributed by atoms with Gasteiger partial charge in [-0.05, 0) is 35.9 Å². The van der Waals surface area contributed by atoms with E-state index in [1.807, 2.05) is 54.6 Å². The average molecular weight is 509 g/mol. The lowest BCUT2D eigenvalue weighted by Gasteiger charge is -2.12. The summed E-state index contributed by atoms with van der Waals surface area (Å²) in [5, 5.41) is 11.8. The number of amides is 2. The lowest BCUT2D eigenvalue weighted by molar-refractivity contribution is 0.230. The van der Waals surface area contributed by atoms with Crippen molar-refractivity contribution in [1.82, 2.24) is 35.0 Å². The predicted molar refractivity (Wildman–Crippen MR) is 145 cm³/mol. The molecule has 0 atom stereocenters. The van der Waals surface area contributed by atoms with Crippen LogP contribution in [0.25, 0.3) is 55.8 Å². The molecule has 0 spiro atoms. The van der Waals surface area contributed by atoms with E-state index >= 15 is 0 Å². The van der Waals surface area contributed by atoms with Gasteiger partial charge >= 0.3 is 6.03 Å². The fraction of sp³-hybridized carbons (Fsp3) is 0.0741. The fourth-order valence-electron chi connectivity index (χ4n) is 4.18. The van der Waals surface area contributed by atoms with Gasteiger partial charge in [0, 0.05) is 48.2 Å². The number of nitrogens with zero attached hydrogens (tertiary/aromatic N) is 5. The number of aromatic amines is 2. The second-order valence-electron chi connectivity index (χ2n) is 8.78. The van der Waals surface area contributed by atoms with Gasteiger partial charge in [0.25, 0.3) is 0 Å². The van der Waals surface area contributed by atoms with Gasteiger partial charge in [0.2, 0.25) is 0 Å². The van der Waals surface area contributed by atoms with Crippen LogP contribution in [0.3, 0.4) is 0 Å². The minimum atomic E-state index is -0.230. The highest BCUT2D eigenvalue weighted by molar-refractivity contribution is 6.30. The van der Waals surface area contributed by atoms with Crippen LogP contribution >= 0.6 is 11.6 Å². The summed E-state index contributed by atoms with van der Waals surface area (Å²) in [5.41, 5.74) is 7.21. The van der Waals surface area contributed by atoms with E-state index in [-0.39, 0.29) is 6.03 Å². The van der Waals surface area contributed by atoms with Crippen molar-refractivity contribution in [3.05, 3.63) is 78.2 Å². The molecule has 2 amide bonds. The molecule has 0 fully saturated rings. The molecule has 0 radical (unpaired) electrons. The number of carbonyl (C=O) groups is 1. The first kappa shape index (κ1) is 22.7. The lowest BCUT2D eigenvalue weighted by atomic mass is 10.0. The minimum absolute atomic E-state index is 0.230. The predicted octanol–water partition coefficient (Wildman–Crippen LogP) is 5.98. The maximum atomic E-state index is 12.1. The molecule has 0 aliphatic rings. The van der Waals surface area contributed by atoms with Gasteiger partial charge < -0.3 is 15.2 Å². The molecule has 6 aromatic rings. The van der Waals surface area contributed by atoms with E-state index in [1.165, 1.54) is 4.90 Å². The molecule has 10 heteroatoms. The van der Waals surface area contributed by atoms with Crippen LogP contribution in [0.1, 0.15) is 0 Å². The van der Waals surface area contributed by atoms with Crippen molar-refractivity contribution in [3.8, 4) is 33.8 Å². The Balaban J connectivity index is 1.41. The Hall–Kier alpha value is -4.76. The molecule has 37 heavy (non-hydrogen) atoms. The van der Waals surface area contributed by atoms with Gasteiger partial charge in [-0.25, -0.2) is 14.8 Å². The average Bonchev–Trinajstić information content (AvgIpc) is 3.52. The van der Waals surface area contributed by atoms with Gasteiger partial charge in [-0.3, -0.25) is 10.1 Å². The van der Waals surface area contributed by atoms with Crippen LogP contribution in [0.15, 0.2) is 73.2 Å². The summed E-state index contributed by atoms with van der Waals surface area (Å²) in [7, 11) is 3.36. The molecule has 0 unspecified atom stereocenters. The van der Waals surface area contributed by atoms with Crippen molar-refractivity contribution in [2.45, 2.75) is 0 Å². The summed E-state index contributed by atoms with van der Waals surface area (Å²) in [5.74, 6) is 0.625. The molecule has 182 valence electrons. The smallest absolute Gasteiger partial charge is 0.321 e. The molecule has 0 bridgehead atoms. The highest BCUT2D eigenvalue weighted by Crippen LogP contribution is 2.33. The number of fused-ring (bicyclic) bond motifs is 2. The monoisotopic (exact) mass is 508 g/mol. The normalized spacial score (nSPS) is 11.2. The molecule has 0 saturated carbocycles. The molecule has 0 aliphatic heterocycles. The van der Waals surface area contributed by atoms with Crippen molar-refractivity contribution in [2.75, 3.05) is 19.4 Å². The zero-order valence-corrected chi connectivity index (χ0v) is 20.7. The molecule has 4 aromatic heterocycles. The van der Waals surface area contributed by atoms with Gasteiger partial charge in [0.05, 0.1) is 28.3 Å². The first-order valence-corrected chi connectivity index (χ1v) is 11.9. The standard InChI is InChI=1S/C27H21ClN8O/c1-36(2)27(37)31-19-10-16(12-29-14-19)17-11-21-24(34-35-25(21)30-13-17)26-32-22-8-4-7-20(23(22)33-26)15-5-3-6-18(28)9-15/h3-14H,1-2H3,(H,31,37)(H,32,33)(H,30,34,35). The largest absolute Gasteiger partial charge is 0.337 e. The lowest BCUT2D eigenvalue weighted by Crippen LogP contribution is -2.27. The summed E-state index contributed by atoms with van der Waals surface area (Å²) in [4.78, 5) is 30.7. The number of hydrogen-bond acceptors (Lipinski definition) is 5. The third kappa shape index (κ3) is 4.25. The van der Waals surface area contributed by atoms with Crippen LogP contribution in [-0.2, 0) is 0 Å². The first-order valence-electron chi connectivity index (χ1n) is 11.5. The number of pyridine rings is 2. The summed E-state index contributed by atoms with van der Waals surface area (Å²) < 4.78 is 0. The number of para-hydroxylation sites is 1. The summed E-state index contributed by atoms with van der Waals surface area (Å²) in [6.45, 7) is 0. The van der Waals surface area contributed by atoms with Crippen molar-refractivity contribution < 1.29 is 4.79 Å². The molecule has 9 nitrogen and oxygen atoms in total. The number of imidazole rings is 1. The number of aromatic nitrogens is 6. The van der Waals surface area contributed by atoms with Crippen molar-refractivity contribution in [1.29, 1.82) is 0 Å². The number of anilines is 1. The van der Waals surface area contributed by atoms with Gasteiger partial charge in [0.15, 0.2) is 11.5 Å². The highest BCUT2D eigenvalue weighted by atomic mass is 35.5. The van der Waals surface area contributed by atoms with Crippen LogP contribution < -0.4 is 5.32 Å². The zero-order chi connectivity index (χ0) is 25.5. The van der Waals surface area contributed by atoms with Gasteiger partial charge in [0.1, 0.15) is 5.69 Å². The number of rotatable bonds is 4. The molecular weight excluding hydrogens is 488 g/mol. The Morgan fingerprint density at radius 3 is 2.65 bits per heavy atom. The number of urea groups is 1. The van der Waals surface area contributed by atoms with Crippen molar-refractivity contribution in [2.24, 2.45) is 0 Å². The number of H-pyrrole nitrogens is 2. The van der Waals surface area contributed by atoms with Crippen LogP contribution in [0.5, 0.6) is 0 Å². The third-order valence-electron chi connectivity index (χ3n) is 6.02. The van der Waals surface area contributed by atoms with E-state index in [0.29, 0.717) is 27.9 Å². The third-order valence-corrected chi connectivity index (χ3v) is 6.25. The Morgan fingerprint density at radius 2 is 1.81 bits per heavy atom. The number of nitrogens with one attached hydrogen (secondary N) is 3. The van der Waals surface area contributed by atoms with Crippen LogP contribution in [0, 0.1) is 0 Å². The Labute approximate surface area is 216 Å². The van der Waals surface area contributed by atoms with E-state index < -0.39 is 0 Å². The van der Waals surface area contributed by atoms with Crippen LogP contribution in [0.2, 0.25) is 5.02 Å². The SMILES string of the molecule is CN(C)C(=O)Nc1cncc(-c2cnc3[nH]nc(-c4nc5c(-c6cccc(Cl)c6)cccc5[nH]4)c3c2)c1. The van der Waals surface area contributed by atoms with Crippen LogP contribution in [-0.4, -0.2) is 55.2 Å². The molecule has 0 saturated heterocycles. The summed E-state index contributed by atoms with van der Waals surface area (Å²) in [6.07, 6.45) is 5.08. The van der Waals surface area contributed by atoms with E-state index in [1.54, 1.807) is 32.7 Å². The minimum Gasteiger partial charge on any atom is -0.337 e. The number of benzene rings is 2. The topological polar surface area (TPSA) is 115 Å². The van der Waals surface area contributed by atoms with Crippen LogP contribution in [0.4, 0.5) is 10.5 Å². The Bertz CT molecular complexity index is 1790. The number of hydrogen-bond donors (Lipinski definition) is 3. The molecule has 6 rings (SSSR count). The molecule has 4 heterocycles. The van der Waals surface area contributed by atoms with E-state index in [2.05, 4.69) is 30.5 Å². The molecule has 3 N–H and O–H groups in total. The van der Waals surface area contributed by atoms with E-state index in [0.717, 1.165) is 38.7 Å². The second kappa shape index (κ2) is 9.03. The molecular formula is C27H21ClN8O. The van der Waals surface area contributed by atoms with E-state index in [4.69, 9.17) is 16.6 Å². The maximum Gasteiger partial charge on any atom is 0.321 e. The van der Waals surface area contributed by atoms with Crippen molar-refractivity contribution in [3.63, 3.8) is 0 Å². The zero-order valence-electron chi connectivity index (χ0n) is 20.0. The number of carbonyl (C=O) groups excluding carboxylic acids is 1. The molecule has 2 aromatic carbocycles. The van der Waals surface area contributed by atoms with E-state index in [9.17, 15) is 4.79 Å². The van der Waals surface area contributed by atoms with Gasteiger partial charge in [-0.2, -0.15) is 5.10 Å². The van der Waals surface area contributed by atoms with Gasteiger partial charge in [-0.1, -0.05) is 35.9 Å². The molecule has 0 aliphatic carbocycles. The Morgan fingerprint density at radius 1 is 0.973 bits per heavy atom. The van der Waals surface area contributed by atoms with Crippen molar-refractivity contribution >= 4 is 45.4 Å². The quantitative estimate of drug-likeness (QED) is 0.271. The number of halogens is 1. The Kier molecular flexibility index (Phi) is 5.54. The first-order chi connectivity index (χ1) is 18.0. The summed E-state index contributed by atoms with van der Waals surface area (Å²) >= 11 is 6.23. The second-order valence-corrected chi connectivity index (χ2v) is 9.21. The van der Waals surface area contributed by atoms with Gasteiger partial charge in [-0.15, -0.1) is 0 Å².